The molecule has 2 atom stereocenters. The molecule has 0 unspecified atom stereocenters. The number of hydrogen-bond donors (Lipinski definition) is 5. The van der Waals surface area contributed by atoms with E-state index in [4.69, 9.17) is 33.2 Å². The lowest BCUT2D eigenvalue weighted by molar-refractivity contribution is 0.128. The maximum atomic E-state index is 12.3. The highest BCUT2D eigenvalue weighted by Gasteiger charge is 2.26. The maximum absolute atomic E-state index is 12.3. The number of alkyl carbamates (subject to hydrolysis) is 2. The molecule has 5 aromatic rings. The second kappa shape index (κ2) is 21.9. The molecule has 14 nitrogen and oxygen atoms in total. The molecule has 2 amide bonds. The molecule has 0 aliphatic carbocycles. The van der Waals surface area contributed by atoms with Gasteiger partial charge in [-0.05, 0) is 55.5 Å². The molecule has 318 valence electrons. The number of hydrogen-bond acceptors (Lipinski definition) is 12. The molecule has 5 N–H and O–H groups in total. The van der Waals surface area contributed by atoms with Gasteiger partial charge in [-0.2, -0.15) is 0 Å². The molecule has 0 spiro atoms. The van der Waals surface area contributed by atoms with Crippen LogP contribution in [0, 0.1) is 13.8 Å². The van der Waals surface area contributed by atoms with Crippen LogP contribution in [0.3, 0.4) is 0 Å². The molecule has 5 aromatic carbocycles. The third-order valence-corrected chi connectivity index (χ3v) is 9.54. The van der Waals surface area contributed by atoms with Crippen molar-refractivity contribution in [3.8, 4) is 34.5 Å². The van der Waals surface area contributed by atoms with Crippen LogP contribution in [0.5, 0.6) is 34.5 Å². The fourth-order valence-electron chi connectivity index (χ4n) is 6.47. The van der Waals surface area contributed by atoms with Crippen LogP contribution in [0.25, 0.3) is 0 Å². The Morgan fingerprint density at radius 2 is 1.03 bits per heavy atom. The predicted molar refractivity (Wildman–Crippen MR) is 222 cm³/mol. The molecule has 7 rings (SSSR count). The number of aliphatic hydroxyl groups excluding tert-OH is 2. The van der Waals surface area contributed by atoms with E-state index in [1.54, 1.807) is 13.0 Å². The zero-order valence-electron chi connectivity index (χ0n) is 32.8. The number of aliphatic hydroxyl groups is 2. The molecule has 0 fully saturated rings. The van der Waals surface area contributed by atoms with Crippen LogP contribution >= 0.6 is 0 Å². The van der Waals surface area contributed by atoms with Crippen molar-refractivity contribution in [1.82, 2.24) is 10.6 Å². The average Bonchev–Trinajstić information content (AvgIpc) is 3.95. The van der Waals surface area contributed by atoms with Crippen LogP contribution < -0.4 is 34.3 Å². The SMILES string of the molecule is C.Cc1c(O)c(C[C@@H](CO)NC(=O)OCc2ccccc2)cc2c1OCO2.Cc1c(OCc2ccccc2)c(C[C@@H](CO)NC(=O)OCc2ccccc2)cc2c1OCO2. The Labute approximate surface area is 349 Å². The Morgan fingerprint density at radius 1 is 0.617 bits per heavy atom. The van der Waals surface area contributed by atoms with Crippen LogP contribution in [-0.4, -0.2) is 66.4 Å². The molecule has 14 heteroatoms. The maximum Gasteiger partial charge on any atom is 0.407 e. The number of nitrogens with one attached hydrogen (secondary N) is 2. The zero-order valence-corrected chi connectivity index (χ0v) is 32.8. The van der Waals surface area contributed by atoms with E-state index in [1.165, 1.54) is 0 Å². The van der Waals surface area contributed by atoms with E-state index in [0.717, 1.165) is 27.8 Å². The number of carbonyl (C=O) groups is 2. The zero-order chi connectivity index (χ0) is 41.6. The van der Waals surface area contributed by atoms with Crippen molar-refractivity contribution in [2.24, 2.45) is 0 Å². The van der Waals surface area contributed by atoms with Gasteiger partial charge < -0.3 is 59.1 Å². The summed E-state index contributed by atoms with van der Waals surface area (Å²) in [4.78, 5) is 24.3. The number of benzene rings is 5. The van der Waals surface area contributed by atoms with Crippen molar-refractivity contribution >= 4 is 12.2 Å². The van der Waals surface area contributed by atoms with Crippen LogP contribution in [-0.2, 0) is 42.1 Å². The lowest BCUT2D eigenvalue weighted by atomic mass is 10.0. The van der Waals surface area contributed by atoms with E-state index < -0.39 is 24.3 Å². The fraction of sp³-hybridized carbons (Fsp3) is 0.304. The van der Waals surface area contributed by atoms with Crippen LogP contribution in [0.2, 0.25) is 0 Å². The van der Waals surface area contributed by atoms with Gasteiger partial charge in [-0.25, -0.2) is 9.59 Å². The third kappa shape index (κ3) is 12.0. The summed E-state index contributed by atoms with van der Waals surface area (Å²) in [6.07, 6.45) is -0.675. The Kier molecular flexibility index (Phi) is 16.3. The molecule has 0 saturated carbocycles. The summed E-state index contributed by atoms with van der Waals surface area (Å²) in [6.45, 7) is 4.00. The summed E-state index contributed by atoms with van der Waals surface area (Å²) >= 11 is 0. The summed E-state index contributed by atoms with van der Waals surface area (Å²) in [6, 6.07) is 30.9. The standard InChI is InChI=1S/C26H27NO6.C19H21NO6.CH4/c1-18-24(30-15-19-8-4-2-5-9-19)21(13-23-25(18)33-17-32-23)12-22(14-28)27-26(29)31-16-20-10-6-3-7-11-20;1-12-17(22)14(8-16-18(12)26-11-25-16)7-15(9-21)20-19(23)24-10-13-5-3-2-4-6-13;/h2-11,13,22,28H,12,14-17H2,1H3,(H,27,29);2-6,8,15,21-22H,7,9-11H2,1H3,(H,20,23);1H4/t22-;15-;/m00./s1. The second-order valence-electron chi connectivity index (χ2n) is 13.8. The number of phenolic OH excluding ortho intramolecular Hbond substituents is 1. The first-order valence-corrected chi connectivity index (χ1v) is 19.1. The highest BCUT2D eigenvalue weighted by Crippen LogP contribution is 2.44. The predicted octanol–water partition coefficient (Wildman–Crippen LogP) is 7.03. The largest absolute Gasteiger partial charge is 0.507 e. The minimum absolute atomic E-state index is 0. The van der Waals surface area contributed by atoms with Crippen molar-refractivity contribution in [2.75, 3.05) is 26.8 Å². The summed E-state index contributed by atoms with van der Waals surface area (Å²) in [5.41, 5.74) is 5.52. The lowest BCUT2D eigenvalue weighted by Gasteiger charge is -2.20. The first-order valence-electron chi connectivity index (χ1n) is 19.1. The number of phenols is 1. The van der Waals surface area contributed by atoms with Crippen molar-refractivity contribution in [3.05, 3.63) is 142 Å². The Balaban J connectivity index is 0.000000230. The van der Waals surface area contributed by atoms with Gasteiger partial charge >= 0.3 is 12.2 Å². The summed E-state index contributed by atoms with van der Waals surface area (Å²) in [7, 11) is 0. The molecular weight excluding hydrogens is 773 g/mol. The fourth-order valence-corrected chi connectivity index (χ4v) is 6.47. The van der Waals surface area contributed by atoms with Gasteiger partial charge in [-0.3, -0.25) is 0 Å². The average molecular weight is 825 g/mol. The van der Waals surface area contributed by atoms with Crippen molar-refractivity contribution < 1.29 is 58.1 Å². The van der Waals surface area contributed by atoms with Gasteiger partial charge in [0.15, 0.2) is 23.0 Å². The van der Waals surface area contributed by atoms with Crippen molar-refractivity contribution in [1.29, 1.82) is 0 Å². The van der Waals surface area contributed by atoms with Gasteiger partial charge in [0.05, 0.1) is 25.3 Å². The molecule has 60 heavy (non-hydrogen) atoms. The van der Waals surface area contributed by atoms with E-state index in [0.29, 0.717) is 52.9 Å². The van der Waals surface area contributed by atoms with Crippen molar-refractivity contribution in [3.63, 3.8) is 0 Å². The van der Waals surface area contributed by atoms with E-state index in [9.17, 15) is 24.9 Å². The lowest BCUT2D eigenvalue weighted by Crippen LogP contribution is -2.39. The molecule has 2 aliphatic rings. The summed E-state index contributed by atoms with van der Waals surface area (Å²) in [5, 5.41) is 35.2. The van der Waals surface area contributed by atoms with Gasteiger partial charge in [0.2, 0.25) is 13.6 Å². The summed E-state index contributed by atoms with van der Waals surface area (Å²) in [5.74, 6) is 3.05. The number of amides is 2. The van der Waals surface area contributed by atoms with Crippen molar-refractivity contribution in [2.45, 2.75) is 66.0 Å². The highest BCUT2D eigenvalue weighted by molar-refractivity contribution is 5.68. The van der Waals surface area contributed by atoms with Gasteiger partial charge in [0.25, 0.3) is 0 Å². The quantitative estimate of drug-likeness (QED) is 0.0728. The first-order chi connectivity index (χ1) is 28.7. The minimum Gasteiger partial charge on any atom is -0.507 e. The van der Waals surface area contributed by atoms with E-state index in [-0.39, 0.29) is 59.6 Å². The molecular formula is C46H52N2O12. The molecule has 0 bridgehead atoms. The highest BCUT2D eigenvalue weighted by atomic mass is 16.7. The molecule has 2 heterocycles. The normalized spacial score (nSPS) is 12.8. The van der Waals surface area contributed by atoms with Gasteiger partial charge in [0, 0.05) is 22.3 Å². The van der Waals surface area contributed by atoms with E-state index >= 15 is 0 Å². The van der Waals surface area contributed by atoms with Gasteiger partial charge in [-0.1, -0.05) is 98.4 Å². The molecule has 0 radical (unpaired) electrons. The van der Waals surface area contributed by atoms with Crippen LogP contribution in [0.4, 0.5) is 9.59 Å². The third-order valence-electron chi connectivity index (χ3n) is 9.54. The van der Waals surface area contributed by atoms with E-state index in [1.807, 2.05) is 104 Å². The Morgan fingerprint density at radius 3 is 1.50 bits per heavy atom. The molecule has 0 aromatic heterocycles. The van der Waals surface area contributed by atoms with Gasteiger partial charge in [-0.15, -0.1) is 0 Å². The number of rotatable bonds is 15. The molecule has 0 saturated heterocycles. The minimum atomic E-state index is -0.634. The number of aromatic hydroxyl groups is 1. The Bertz CT molecular complexity index is 2150. The first kappa shape index (κ1) is 44.5. The number of fused-ring (bicyclic) bond motifs is 2. The van der Waals surface area contributed by atoms with E-state index in [2.05, 4.69) is 10.6 Å². The van der Waals surface area contributed by atoms with Crippen LogP contribution in [0.1, 0.15) is 46.4 Å². The van der Waals surface area contributed by atoms with Crippen LogP contribution in [0.15, 0.2) is 103 Å². The number of ether oxygens (including phenoxy) is 7. The monoisotopic (exact) mass is 824 g/mol. The second-order valence-corrected chi connectivity index (χ2v) is 13.8. The summed E-state index contributed by atoms with van der Waals surface area (Å²) < 4.78 is 38.5. The van der Waals surface area contributed by atoms with Gasteiger partial charge in [0.1, 0.15) is 31.3 Å². The number of carbonyl (C=O) groups excluding carboxylic acids is 2. The molecule has 2 aliphatic heterocycles. The smallest absolute Gasteiger partial charge is 0.407 e. The Hall–Kier alpha value is -6.64. The topological polar surface area (TPSA) is 183 Å².